The average Bonchev–Trinajstić information content (AvgIpc) is 3.51. The monoisotopic (exact) mass is 660 g/mol. The fourth-order valence-electron chi connectivity index (χ4n) is 5.68. The van der Waals surface area contributed by atoms with Crippen LogP contribution in [0.5, 0.6) is 11.5 Å². The average molecular weight is 661 g/mol. The summed E-state index contributed by atoms with van der Waals surface area (Å²) in [4.78, 5) is 34.8. The number of carboxylic acid groups (broad SMARTS) is 1. The van der Waals surface area contributed by atoms with Crippen molar-refractivity contribution < 1.29 is 28.9 Å². The zero-order chi connectivity index (χ0) is 33.7. The predicted molar refractivity (Wildman–Crippen MR) is 181 cm³/mol. The highest BCUT2D eigenvalue weighted by molar-refractivity contribution is 5.98. The highest BCUT2D eigenvalue weighted by atomic mass is 16.5. The molecule has 4 aromatic rings. The molecule has 0 atom stereocenters. The van der Waals surface area contributed by atoms with Crippen molar-refractivity contribution in [2.75, 3.05) is 78.0 Å². The van der Waals surface area contributed by atoms with Gasteiger partial charge in [-0.05, 0) is 49.2 Å². The summed E-state index contributed by atoms with van der Waals surface area (Å²) < 4.78 is 18.3. The largest absolute Gasteiger partial charge is 0.481 e. The van der Waals surface area contributed by atoms with E-state index in [0.717, 1.165) is 92.9 Å². The third kappa shape index (κ3) is 9.70. The van der Waals surface area contributed by atoms with Crippen LogP contribution >= 0.6 is 0 Å². The maximum atomic E-state index is 12.9. The molecule has 2 aromatic heterocycles. The third-order valence-electron chi connectivity index (χ3n) is 8.10. The first kappa shape index (κ1) is 34.7. The molecule has 5 heterocycles. The summed E-state index contributed by atoms with van der Waals surface area (Å²) in [5.74, 6) is 1.27. The number of anilines is 1. The van der Waals surface area contributed by atoms with E-state index in [-0.39, 0.29) is 11.9 Å². The van der Waals surface area contributed by atoms with Gasteiger partial charge in [0.25, 0.3) is 5.97 Å². The van der Waals surface area contributed by atoms with Gasteiger partial charge >= 0.3 is 0 Å². The number of nitrogens with zero attached hydrogens (tertiary/aromatic N) is 6. The molecule has 2 aromatic carbocycles. The van der Waals surface area contributed by atoms with Gasteiger partial charge in [-0.1, -0.05) is 18.2 Å². The number of fused-ring (bicyclic) bond motifs is 1. The lowest BCUT2D eigenvalue weighted by atomic mass is 10.0. The van der Waals surface area contributed by atoms with Gasteiger partial charge in [0.15, 0.2) is 5.65 Å². The lowest BCUT2D eigenvalue weighted by molar-refractivity contribution is -0.135. The van der Waals surface area contributed by atoms with Crippen molar-refractivity contribution >= 4 is 28.7 Å². The summed E-state index contributed by atoms with van der Waals surface area (Å²) in [5.41, 5.74) is 8.70. The molecule has 3 fully saturated rings. The highest BCUT2D eigenvalue weighted by Crippen LogP contribution is 2.35. The number of hydrogen-bond donors (Lipinski definition) is 3. The molecular formula is C34H44N8O6. The molecule has 14 nitrogen and oxygen atoms in total. The SMILES string of the molecule is C1COCCN1.CC(=O)O.Nc1ncnc2c1c(-c1ccc(Oc3ccccc3)cc1)nn2C1CCN(C(=O)CN2CCOCC2)CC1. The lowest BCUT2D eigenvalue weighted by Gasteiger charge is -2.34. The topological polar surface area (TPSA) is 170 Å². The molecule has 0 spiro atoms. The summed E-state index contributed by atoms with van der Waals surface area (Å²) >= 11 is 0. The number of nitrogen functional groups attached to an aromatic ring is 1. The van der Waals surface area contributed by atoms with Crippen molar-refractivity contribution in [2.24, 2.45) is 0 Å². The molecule has 3 aliphatic heterocycles. The van der Waals surface area contributed by atoms with Gasteiger partial charge in [-0.3, -0.25) is 14.5 Å². The van der Waals surface area contributed by atoms with Crippen LogP contribution in [0.3, 0.4) is 0 Å². The van der Waals surface area contributed by atoms with Crippen molar-refractivity contribution in [2.45, 2.75) is 25.8 Å². The van der Waals surface area contributed by atoms with Gasteiger partial charge < -0.3 is 35.3 Å². The Bertz CT molecular complexity index is 1580. The second-order valence-electron chi connectivity index (χ2n) is 11.6. The minimum atomic E-state index is -0.833. The molecular weight excluding hydrogens is 616 g/mol. The molecule has 3 aliphatic rings. The van der Waals surface area contributed by atoms with Gasteiger partial charge in [-0.15, -0.1) is 0 Å². The molecule has 0 radical (unpaired) electrons. The molecule has 4 N–H and O–H groups in total. The summed E-state index contributed by atoms with van der Waals surface area (Å²) in [6, 6.07) is 17.6. The number of rotatable bonds is 6. The van der Waals surface area contributed by atoms with E-state index in [0.29, 0.717) is 38.7 Å². The zero-order valence-corrected chi connectivity index (χ0v) is 27.3. The van der Waals surface area contributed by atoms with Gasteiger partial charge in [-0.2, -0.15) is 5.10 Å². The predicted octanol–water partition coefficient (Wildman–Crippen LogP) is 3.06. The molecule has 0 unspecified atom stereocenters. The lowest BCUT2D eigenvalue weighted by Crippen LogP contribution is -2.47. The molecule has 0 saturated carbocycles. The summed E-state index contributed by atoms with van der Waals surface area (Å²) in [5, 5.41) is 16.3. The number of aromatic nitrogens is 4. The van der Waals surface area contributed by atoms with Gasteiger partial charge in [0, 0.05) is 51.8 Å². The minimum absolute atomic E-state index is 0.119. The first-order valence-corrected chi connectivity index (χ1v) is 16.3. The number of aliphatic carboxylic acids is 1. The number of amides is 1. The number of para-hydroxylation sites is 1. The molecule has 7 rings (SSSR count). The number of likely N-dealkylation sites (tertiary alicyclic amines) is 1. The Balaban J connectivity index is 0.000000391. The number of carbonyl (C=O) groups is 2. The summed E-state index contributed by atoms with van der Waals surface area (Å²) in [6.07, 6.45) is 3.09. The van der Waals surface area contributed by atoms with E-state index in [1.807, 2.05) is 64.2 Å². The highest BCUT2D eigenvalue weighted by Gasteiger charge is 2.28. The van der Waals surface area contributed by atoms with Crippen molar-refractivity contribution in [1.29, 1.82) is 0 Å². The van der Waals surface area contributed by atoms with Crippen LogP contribution in [0.4, 0.5) is 5.82 Å². The second kappa shape index (κ2) is 17.5. The van der Waals surface area contributed by atoms with Crippen LogP contribution in [0.2, 0.25) is 0 Å². The number of ether oxygens (including phenoxy) is 3. The van der Waals surface area contributed by atoms with Gasteiger partial charge in [0.1, 0.15) is 29.3 Å². The Kier molecular flexibility index (Phi) is 12.7. The van der Waals surface area contributed by atoms with E-state index in [4.69, 9.17) is 34.9 Å². The zero-order valence-electron chi connectivity index (χ0n) is 27.3. The van der Waals surface area contributed by atoms with Crippen LogP contribution in [0.15, 0.2) is 60.9 Å². The van der Waals surface area contributed by atoms with E-state index in [1.54, 1.807) is 0 Å². The van der Waals surface area contributed by atoms with Gasteiger partial charge in [0.05, 0.1) is 44.4 Å². The molecule has 14 heteroatoms. The molecule has 0 bridgehead atoms. The van der Waals surface area contributed by atoms with Crippen molar-refractivity contribution in [1.82, 2.24) is 34.9 Å². The Morgan fingerprint density at radius 1 is 0.917 bits per heavy atom. The molecule has 1 amide bonds. The molecule has 0 aliphatic carbocycles. The second-order valence-corrected chi connectivity index (χ2v) is 11.6. The molecule has 48 heavy (non-hydrogen) atoms. The maximum Gasteiger partial charge on any atom is 0.300 e. The first-order valence-electron chi connectivity index (χ1n) is 16.3. The van der Waals surface area contributed by atoms with E-state index in [2.05, 4.69) is 20.2 Å². The molecule has 256 valence electrons. The quantitative estimate of drug-likeness (QED) is 0.277. The Morgan fingerprint density at radius 2 is 1.54 bits per heavy atom. The Morgan fingerprint density at radius 3 is 2.15 bits per heavy atom. The Labute approximate surface area is 279 Å². The number of hydrogen-bond acceptors (Lipinski definition) is 11. The number of benzene rings is 2. The van der Waals surface area contributed by atoms with E-state index >= 15 is 0 Å². The number of carboxylic acids is 1. The fourth-order valence-corrected chi connectivity index (χ4v) is 5.68. The van der Waals surface area contributed by atoms with Crippen LogP contribution in [0.1, 0.15) is 25.8 Å². The van der Waals surface area contributed by atoms with Crippen molar-refractivity contribution in [3.63, 3.8) is 0 Å². The number of piperidine rings is 1. The van der Waals surface area contributed by atoms with E-state index in [9.17, 15) is 4.79 Å². The fraction of sp³-hybridized carbons (Fsp3) is 0.441. The van der Waals surface area contributed by atoms with Crippen LogP contribution < -0.4 is 15.8 Å². The minimum Gasteiger partial charge on any atom is -0.481 e. The number of nitrogens with two attached hydrogens (primary N) is 1. The van der Waals surface area contributed by atoms with Crippen LogP contribution in [0, 0.1) is 0 Å². The van der Waals surface area contributed by atoms with Crippen molar-refractivity contribution in [3.8, 4) is 22.8 Å². The smallest absolute Gasteiger partial charge is 0.300 e. The number of nitrogens with one attached hydrogen (secondary N) is 1. The van der Waals surface area contributed by atoms with Crippen LogP contribution in [-0.4, -0.2) is 119 Å². The van der Waals surface area contributed by atoms with Crippen molar-refractivity contribution in [3.05, 3.63) is 60.9 Å². The first-order chi connectivity index (χ1) is 23.4. The summed E-state index contributed by atoms with van der Waals surface area (Å²) in [6.45, 7) is 9.76. The van der Waals surface area contributed by atoms with E-state index in [1.165, 1.54) is 6.33 Å². The Hall–Kier alpha value is -4.63. The van der Waals surface area contributed by atoms with Crippen LogP contribution in [0.25, 0.3) is 22.3 Å². The molecule has 3 saturated heterocycles. The third-order valence-corrected chi connectivity index (χ3v) is 8.10. The van der Waals surface area contributed by atoms with Gasteiger partial charge in [-0.25, -0.2) is 14.6 Å². The maximum absolute atomic E-state index is 12.9. The normalized spacial score (nSPS) is 17.1. The van der Waals surface area contributed by atoms with Crippen LogP contribution in [-0.2, 0) is 19.1 Å². The summed E-state index contributed by atoms with van der Waals surface area (Å²) in [7, 11) is 0. The number of morpholine rings is 2. The standard InChI is InChI=1S/C28H31N7O3.C4H9NO.C2H4O2/c29-27-25-26(20-6-8-23(9-7-20)38-22-4-2-1-3-5-22)32-35(28(25)31-19-30-27)21-10-12-34(13-11-21)24(36)18-33-14-16-37-17-15-33;1-3-6-4-2-5-1;1-2(3)4/h1-9,19,21H,10-18H2,(H2,29,30,31);5H,1-4H2;1H3,(H,3,4). The van der Waals surface area contributed by atoms with Gasteiger partial charge in [0.2, 0.25) is 5.91 Å². The van der Waals surface area contributed by atoms with E-state index < -0.39 is 5.97 Å². The number of carbonyl (C=O) groups excluding carboxylic acids is 1.